The summed E-state index contributed by atoms with van der Waals surface area (Å²) in [4.78, 5) is 4.00. The van der Waals surface area contributed by atoms with E-state index in [1.807, 2.05) is 12.3 Å². The van der Waals surface area contributed by atoms with Crippen molar-refractivity contribution in [2.75, 3.05) is 0 Å². The second-order valence-electron chi connectivity index (χ2n) is 1.53. The lowest BCUT2D eigenvalue weighted by Crippen LogP contribution is -1.80. The molecule has 1 nitrogen and oxygen atoms in total. The first kappa shape index (κ1) is 6.05. The van der Waals surface area contributed by atoms with E-state index in [1.54, 1.807) is 16.8 Å². The van der Waals surface area contributed by atoms with Gasteiger partial charge in [0.15, 0.2) is 0 Å². The Kier molecular flexibility index (Phi) is 1.86. The van der Waals surface area contributed by atoms with Gasteiger partial charge in [-0.15, -0.1) is 22.9 Å². The third-order valence-electron chi connectivity index (χ3n) is 0.859. The van der Waals surface area contributed by atoms with E-state index in [-0.39, 0.29) is 5.38 Å². The Morgan fingerprint density at radius 1 is 1.88 bits per heavy atom. The highest BCUT2D eigenvalue weighted by Gasteiger charge is 1.99. The lowest BCUT2D eigenvalue weighted by molar-refractivity contribution is 1.02. The van der Waals surface area contributed by atoms with Crippen molar-refractivity contribution in [1.29, 1.82) is 0 Å². The van der Waals surface area contributed by atoms with E-state index in [9.17, 15) is 0 Å². The second-order valence-corrected chi connectivity index (χ2v) is 2.90. The molecule has 1 aromatic heterocycles. The van der Waals surface area contributed by atoms with Crippen LogP contribution in [0.4, 0.5) is 0 Å². The number of hydrogen-bond donors (Lipinski definition) is 0. The Morgan fingerprint density at radius 2 is 2.62 bits per heavy atom. The molecule has 0 aliphatic rings. The number of rotatable bonds is 1. The maximum absolute atomic E-state index is 5.69. The molecule has 1 heterocycles. The minimum atomic E-state index is 0.0567. The Morgan fingerprint density at radius 3 is 2.88 bits per heavy atom. The topological polar surface area (TPSA) is 12.9 Å². The SMILES string of the molecule is C[C@H](Cl)c1cscn1. The van der Waals surface area contributed by atoms with Crippen molar-refractivity contribution >= 4 is 22.9 Å². The monoisotopic (exact) mass is 147 g/mol. The van der Waals surface area contributed by atoms with Crippen LogP contribution in [0, 0.1) is 0 Å². The van der Waals surface area contributed by atoms with E-state index in [2.05, 4.69) is 4.98 Å². The van der Waals surface area contributed by atoms with Crippen LogP contribution in [-0.2, 0) is 0 Å². The van der Waals surface area contributed by atoms with Gasteiger partial charge in [0.25, 0.3) is 0 Å². The summed E-state index contributed by atoms with van der Waals surface area (Å²) in [5, 5.41) is 2.01. The summed E-state index contributed by atoms with van der Waals surface area (Å²) < 4.78 is 0. The third kappa shape index (κ3) is 1.20. The molecule has 0 aromatic carbocycles. The first-order valence-electron chi connectivity index (χ1n) is 2.33. The van der Waals surface area contributed by atoms with Crippen LogP contribution in [0.1, 0.15) is 18.0 Å². The van der Waals surface area contributed by atoms with Crippen LogP contribution in [0.3, 0.4) is 0 Å². The molecule has 1 atom stereocenters. The number of aromatic nitrogens is 1. The van der Waals surface area contributed by atoms with Gasteiger partial charge >= 0.3 is 0 Å². The summed E-state index contributed by atoms with van der Waals surface area (Å²) in [6.07, 6.45) is 0. The van der Waals surface area contributed by atoms with Crippen molar-refractivity contribution < 1.29 is 0 Å². The minimum Gasteiger partial charge on any atom is -0.248 e. The number of alkyl halides is 1. The Balaban J connectivity index is 2.77. The Hall–Kier alpha value is -0.0800. The lowest BCUT2D eigenvalue weighted by atomic mass is 10.4. The van der Waals surface area contributed by atoms with Crippen LogP contribution in [-0.4, -0.2) is 4.98 Å². The highest BCUT2D eigenvalue weighted by molar-refractivity contribution is 7.07. The predicted molar refractivity (Wildman–Crippen MR) is 36.4 cm³/mol. The standard InChI is InChI=1S/C5H6ClNS/c1-4(6)5-2-8-3-7-5/h2-4H,1H3/t4-/m0/s1. The van der Waals surface area contributed by atoms with E-state index in [4.69, 9.17) is 11.6 Å². The molecule has 8 heavy (non-hydrogen) atoms. The fraction of sp³-hybridized carbons (Fsp3) is 0.400. The zero-order valence-electron chi connectivity index (χ0n) is 4.47. The summed E-state index contributed by atoms with van der Waals surface area (Å²) in [6.45, 7) is 1.91. The molecule has 0 saturated carbocycles. The van der Waals surface area contributed by atoms with Crippen LogP contribution in [0.2, 0.25) is 0 Å². The summed E-state index contributed by atoms with van der Waals surface area (Å²) in [6, 6.07) is 0. The van der Waals surface area contributed by atoms with Gasteiger partial charge in [-0.05, 0) is 6.92 Å². The van der Waals surface area contributed by atoms with Gasteiger partial charge in [0.2, 0.25) is 0 Å². The van der Waals surface area contributed by atoms with Gasteiger partial charge in [-0.1, -0.05) is 0 Å². The molecular formula is C5H6ClNS. The fourth-order valence-corrected chi connectivity index (χ4v) is 1.26. The predicted octanol–water partition coefficient (Wildman–Crippen LogP) is 2.44. The average molecular weight is 148 g/mol. The third-order valence-corrected chi connectivity index (χ3v) is 1.69. The van der Waals surface area contributed by atoms with Crippen molar-refractivity contribution in [1.82, 2.24) is 4.98 Å². The van der Waals surface area contributed by atoms with Gasteiger partial charge in [0.1, 0.15) is 0 Å². The van der Waals surface area contributed by atoms with Gasteiger partial charge in [0.05, 0.1) is 16.6 Å². The van der Waals surface area contributed by atoms with E-state index in [0.717, 1.165) is 5.69 Å². The Bertz CT molecular complexity index is 147. The molecular weight excluding hydrogens is 142 g/mol. The van der Waals surface area contributed by atoms with Crippen LogP contribution < -0.4 is 0 Å². The molecule has 1 rings (SSSR count). The molecule has 0 fully saturated rings. The lowest BCUT2D eigenvalue weighted by Gasteiger charge is -1.91. The van der Waals surface area contributed by atoms with Crippen LogP contribution in [0.15, 0.2) is 10.9 Å². The summed E-state index contributed by atoms with van der Waals surface area (Å²) in [5.74, 6) is 0. The number of thiazole rings is 1. The molecule has 0 aliphatic carbocycles. The number of halogens is 1. The van der Waals surface area contributed by atoms with Gasteiger partial charge in [-0.3, -0.25) is 0 Å². The summed E-state index contributed by atoms with van der Waals surface area (Å²) in [5.41, 5.74) is 2.76. The first-order chi connectivity index (χ1) is 3.80. The first-order valence-corrected chi connectivity index (χ1v) is 3.71. The molecule has 0 amide bonds. The molecule has 44 valence electrons. The molecule has 3 heteroatoms. The highest BCUT2D eigenvalue weighted by Crippen LogP contribution is 2.17. The van der Waals surface area contributed by atoms with Crippen molar-refractivity contribution in [3.05, 3.63) is 16.6 Å². The van der Waals surface area contributed by atoms with Gasteiger partial charge in [0, 0.05) is 5.38 Å². The van der Waals surface area contributed by atoms with Crippen molar-refractivity contribution in [3.8, 4) is 0 Å². The molecule has 0 saturated heterocycles. The van der Waals surface area contributed by atoms with Crippen molar-refractivity contribution in [2.45, 2.75) is 12.3 Å². The van der Waals surface area contributed by atoms with Crippen LogP contribution in [0.25, 0.3) is 0 Å². The minimum absolute atomic E-state index is 0.0567. The molecule has 0 spiro atoms. The average Bonchev–Trinajstić information content (AvgIpc) is 2.12. The smallest absolute Gasteiger partial charge is 0.0795 e. The number of nitrogens with zero attached hydrogens (tertiary/aromatic N) is 1. The molecule has 0 bridgehead atoms. The normalized spacial score (nSPS) is 13.8. The fourth-order valence-electron chi connectivity index (χ4n) is 0.418. The van der Waals surface area contributed by atoms with Crippen LogP contribution in [0.5, 0.6) is 0 Å². The van der Waals surface area contributed by atoms with E-state index < -0.39 is 0 Å². The van der Waals surface area contributed by atoms with Crippen LogP contribution >= 0.6 is 22.9 Å². The molecule has 0 N–H and O–H groups in total. The van der Waals surface area contributed by atoms with E-state index in [1.165, 1.54) is 0 Å². The van der Waals surface area contributed by atoms with Gasteiger partial charge < -0.3 is 0 Å². The summed E-state index contributed by atoms with van der Waals surface area (Å²) >= 11 is 7.26. The molecule has 0 aliphatic heterocycles. The van der Waals surface area contributed by atoms with Gasteiger partial charge in [-0.25, -0.2) is 4.98 Å². The van der Waals surface area contributed by atoms with Crippen molar-refractivity contribution in [2.24, 2.45) is 0 Å². The molecule has 0 radical (unpaired) electrons. The quantitative estimate of drug-likeness (QED) is 0.556. The van der Waals surface area contributed by atoms with E-state index >= 15 is 0 Å². The highest BCUT2D eigenvalue weighted by atomic mass is 35.5. The Labute approximate surface area is 57.3 Å². The largest absolute Gasteiger partial charge is 0.248 e. The molecule has 0 unspecified atom stereocenters. The second kappa shape index (κ2) is 2.46. The zero-order chi connectivity index (χ0) is 5.98. The molecule has 1 aromatic rings. The zero-order valence-corrected chi connectivity index (χ0v) is 6.04. The van der Waals surface area contributed by atoms with Crippen molar-refractivity contribution in [3.63, 3.8) is 0 Å². The maximum Gasteiger partial charge on any atom is 0.0795 e. The van der Waals surface area contributed by atoms with Gasteiger partial charge in [-0.2, -0.15) is 0 Å². The van der Waals surface area contributed by atoms with E-state index in [0.29, 0.717) is 0 Å². The summed E-state index contributed by atoms with van der Waals surface area (Å²) in [7, 11) is 0. The maximum atomic E-state index is 5.69. The number of hydrogen-bond acceptors (Lipinski definition) is 2.